The summed E-state index contributed by atoms with van der Waals surface area (Å²) in [7, 11) is 1.60. The molecule has 2 N–H and O–H groups in total. The van der Waals surface area contributed by atoms with E-state index in [1.165, 1.54) is 12.1 Å². The highest BCUT2D eigenvalue weighted by Crippen LogP contribution is 2.23. The van der Waals surface area contributed by atoms with Crippen molar-refractivity contribution in [1.82, 2.24) is 10.1 Å². The average molecular weight is 265 g/mol. The third-order valence-electron chi connectivity index (χ3n) is 2.82. The van der Waals surface area contributed by atoms with Gasteiger partial charge in [-0.15, -0.1) is 0 Å². The molecule has 0 aliphatic carbocycles. The molecular formula is C13H16FN3O2. The maximum absolute atomic E-state index is 13.0. The SMILES string of the molecule is COCCC(N)c1nc(-c2ccc(F)cc2C)no1. The first-order valence-electron chi connectivity index (χ1n) is 5.96. The van der Waals surface area contributed by atoms with Crippen molar-refractivity contribution in [2.45, 2.75) is 19.4 Å². The molecule has 1 aromatic carbocycles. The molecule has 19 heavy (non-hydrogen) atoms. The van der Waals surface area contributed by atoms with Crippen LogP contribution in [-0.2, 0) is 4.74 Å². The Hall–Kier alpha value is -1.79. The number of hydrogen-bond acceptors (Lipinski definition) is 5. The van der Waals surface area contributed by atoms with Crippen LogP contribution in [0.1, 0.15) is 23.9 Å². The minimum Gasteiger partial charge on any atom is -0.385 e. The molecular weight excluding hydrogens is 249 g/mol. The van der Waals surface area contributed by atoms with Gasteiger partial charge in [0.05, 0.1) is 6.04 Å². The van der Waals surface area contributed by atoms with Gasteiger partial charge < -0.3 is 15.0 Å². The molecule has 0 fully saturated rings. The molecule has 102 valence electrons. The predicted octanol–water partition coefficient (Wildman–Crippen LogP) is 2.22. The quantitative estimate of drug-likeness (QED) is 0.897. The number of ether oxygens (including phenoxy) is 1. The van der Waals surface area contributed by atoms with Crippen LogP contribution in [0.5, 0.6) is 0 Å². The summed E-state index contributed by atoms with van der Waals surface area (Å²) in [6.45, 7) is 2.31. The zero-order chi connectivity index (χ0) is 13.8. The van der Waals surface area contributed by atoms with E-state index in [-0.39, 0.29) is 11.9 Å². The molecule has 1 unspecified atom stereocenters. The Morgan fingerprint density at radius 2 is 2.26 bits per heavy atom. The van der Waals surface area contributed by atoms with Gasteiger partial charge in [0.1, 0.15) is 5.82 Å². The Bertz CT molecular complexity index is 557. The molecule has 0 amide bonds. The first-order chi connectivity index (χ1) is 9.11. The highest BCUT2D eigenvalue weighted by molar-refractivity contribution is 5.59. The molecule has 0 bridgehead atoms. The zero-order valence-electron chi connectivity index (χ0n) is 10.9. The first-order valence-corrected chi connectivity index (χ1v) is 5.96. The molecule has 6 heteroatoms. The number of benzene rings is 1. The van der Waals surface area contributed by atoms with Gasteiger partial charge in [0.15, 0.2) is 0 Å². The highest BCUT2D eigenvalue weighted by atomic mass is 19.1. The van der Waals surface area contributed by atoms with E-state index in [9.17, 15) is 4.39 Å². The fraction of sp³-hybridized carbons (Fsp3) is 0.385. The summed E-state index contributed by atoms with van der Waals surface area (Å²) in [6.07, 6.45) is 0.598. The van der Waals surface area contributed by atoms with Gasteiger partial charge in [-0.3, -0.25) is 0 Å². The molecule has 0 aliphatic heterocycles. The third-order valence-corrected chi connectivity index (χ3v) is 2.82. The maximum atomic E-state index is 13.0. The number of hydrogen-bond donors (Lipinski definition) is 1. The summed E-state index contributed by atoms with van der Waals surface area (Å²) in [4.78, 5) is 4.24. The number of halogens is 1. The molecule has 5 nitrogen and oxygen atoms in total. The summed E-state index contributed by atoms with van der Waals surface area (Å²) >= 11 is 0. The molecule has 2 rings (SSSR count). The van der Waals surface area contributed by atoms with Crippen LogP contribution in [0.4, 0.5) is 4.39 Å². The monoisotopic (exact) mass is 265 g/mol. The summed E-state index contributed by atoms with van der Waals surface area (Å²) in [5, 5.41) is 3.88. The van der Waals surface area contributed by atoms with Crippen molar-refractivity contribution in [2.75, 3.05) is 13.7 Å². The number of nitrogens with two attached hydrogens (primary N) is 1. The van der Waals surface area contributed by atoms with Gasteiger partial charge in [0.25, 0.3) is 0 Å². The van der Waals surface area contributed by atoms with Crippen LogP contribution >= 0.6 is 0 Å². The Morgan fingerprint density at radius 3 is 2.95 bits per heavy atom. The van der Waals surface area contributed by atoms with Gasteiger partial charge in [0, 0.05) is 19.3 Å². The van der Waals surface area contributed by atoms with Crippen molar-refractivity contribution in [3.63, 3.8) is 0 Å². The summed E-state index contributed by atoms with van der Waals surface area (Å²) < 4.78 is 23.1. The lowest BCUT2D eigenvalue weighted by atomic mass is 10.1. The fourth-order valence-corrected chi connectivity index (χ4v) is 1.74. The van der Waals surface area contributed by atoms with E-state index in [1.54, 1.807) is 20.1 Å². The van der Waals surface area contributed by atoms with Gasteiger partial charge in [-0.05, 0) is 37.1 Å². The molecule has 2 aromatic rings. The van der Waals surface area contributed by atoms with Crippen molar-refractivity contribution in [3.05, 3.63) is 35.5 Å². The van der Waals surface area contributed by atoms with E-state index in [4.69, 9.17) is 15.0 Å². The molecule has 1 aromatic heterocycles. The molecule has 0 spiro atoms. The van der Waals surface area contributed by atoms with E-state index in [0.29, 0.717) is 24.7 Å². The van der Waals surface area contributed by atoms with Crippen LogP contribution in [0.15, 0.2) is 22.7 Å². The highest BCUT2D eigenvalue weighted by Gasteiger charge is 2.16. The average Bonchev–Trinajstić information content (AvgIpc) is 2.85. The lowest BCUT2D eigenvalue weighted by Crippen LogP contribution is -2.13. The molecule has 0 aliphatic rings. The first kappa shape index (κ1) is 13.6. The summed E-state index contributed by atoms with van der Waals surface area (Å²) in [5.74, 6) is 0.484. The largest absolute Gasteiger partial charge is 0.385 e. The predicted molar refractivity (Wildman–Crippen MR) is 67.9 cm³/mol. The summed E-state index contributed by atoms with van der Waals surface area (Å²) in [6, 6.07) is 4.06. The number of aromatic nitrogens is 2. The van der Waals surface area contributed by atoms with Crippen molar-refractivity contribution in [2.24, 2.45) is 5.73 Å². The van der Waals surface area contributed by atoms with Crippen molar-refractivity contribution >= 4 is 0 Å². The van der Waals surface area contributed by atoms with Crippen LogP contribution in [-0.4, -0.2) is 23.9 Å². The standard InChI is InChI=1S/C13H16FN3O2/c1-8-7-9(14)3-4-10(8)12-16-13(19-17-12)11(15)5-6-18-2/h3-4,7,11H,5-6,15H2,1-2H3. The van der Waals surface area contributed by atoms with Crippen LogP contribution in [0.25, 0.3) is 11.4 Å². The van der Waals surface area contributed by atoms with E-state index >= 15 is 0 Å². The minimum absolute atomic E-state index is 0.290. The van der Waals surface area contributed by atoms with Crippen molar-refractivity contribution in [3.8, 4) is 11.4 Å². The second kappa shape index (κ2) is 5.90. The van der Waals surface area contributed by atoms with Gasteiger partial charge in [-0.25, -0.2) is 4.39 Å². The van der Waals surface area contributed by atoms with Crippen LogP contribution in [0.3, 0.4) is 0 Å². The smallest absolute Gasteiger partial charge is 0.243 e. The summed E-state index contributed by atoms with van der Waals surface area (Å²) in [5.41, 5.74) is 7.38. The Labute approximate surface area is 110 Å². The van der Waals surface area contributed by atoms with E-state index < -0.39 is 0 Å². The molecule has 1 heterocycles. The Kier molecular flexibility index (Phi) is 4.24. The normalized spacial score (nSPS) is 12.6. The number of methoxy groups -OCH3 is 1. The van der Waals surface area contributed by atoms with E-state index in [2.05, 4.69) is 10.1 Å². The third kappa shape index (κ3) is 3.15. The second-order valence-electron chi connectivity index (χ2n) is 4.30. The minimum atomic E-state index is -0.359. The maximum Gasteiger partial charge on any atom is 0.243 e. The molecule has 0 saturated carbocycles. The fourth-order valence-electron chi connectivity index (χ4n) is 1.74. The number of aryl methyl sites for hydroxylation is 1. The van der Waals surface area contributed by atoms with Gasteiger partial charge in [0.2, 0.25) is 11.7 Å². The molecule has 0 saturated heterocycles. The lowest BCUT2D eigenvalue weighted by molar-refractivity contribution is 0.182. The van der Waals surface area contributed by atoms with Crippen LogP contribution in [0.2, 0.25) is 0 Å². The van der Waals surface area contributed by atoms with Gasteiger partial charge >= 0.3 is 0 Å². The van der Waals surface area contributed by atoms with Crippen molar-refractivity contribution < 1.29 is 13.7 Å². The molecule has 0 radical (unpaired) electrons. The van der Waals surface area contributed by atoms with Crippen LogP contribution in [0, 0.1) is 12.7 Å². The van der Waals surface area contributed by atoms with Gasteiger partial charge in [-0.2, -0.15) is 4.98 Å². The molecule has 1 atom stereocenters. The number of nitrogens with zero attached hydrogens (tertiary/aromatic N) is 2. The topological polar surface area (TPSA) is 74.2 Å². The van der Waals surface area contributed by atoms with Crippen molar-refractivity contribution in [1.29, 1.82) is 0 Å². The second-order valence-corrected chi connectivity index (χ2v) is 4.30. The zero-order valence-corrected chi connectivity index (χ0v) is 10.9. The number of rotatable bonds is 5. The van der Waals surface area contributed by atoms with Gasteiger partial charge in [-0.1, -0.05) is 5.16 Å². The lowest BCUT2D eigenvalue weighted by Gasteiger charge is -2.04. The van der Waals surface area contributed by atoms with Crippen LogP contribution < -0.4 is 5.73 Å². The van der Waals surface area contributed by atoms with E-state index in [0.717, 1.165) is 11.1 Å². The Balaban J connectivity index is 2.20. The van der Waals surface area contributed by atoms with E-state index in [1.807, 2.05) is 0 Å². The Morgan fingerprint density at radius 1 is 1.47 bits per heavy atom.